The summed E-state index contributed by atoms with van der Waals surface area (Å²) in [6, 6.07) is 15.8. The molecule has 0 heterocycles. The van der Waals surface area contributed by atoms with E-state index < -0.39 is 0 Å². The molecule has 1 N–H and O–H groups in total. The van der Waals surface area contributed by atoms with Crippen LogP contribution in [0.2, 0.25) is 0 Å². The number of anilines is 3. The first kappa shape index (κ1) is 23.3. The van der Waals surface area contributed by atoms with Crippen LogP contribution in [-0.2, 0) is 9.53 Å². The van der Waals surface area contributed by atoms with Gasteiger partial charge < -0.3 is 15.0 Å². The number of hydrogen-bond donors (Lipinski definition) is 1. The van der Waals surface area contributed by atoms with E-state index in [-0.39, 0.29) is 6.10 Å². The highest BCUT2D eigenvalue weighted by atomic mass is 16.5. The fourth-order valence-electron chi connectivity index (χ4n) is 3.54. The van der Waals surface area contributed by atoms with Crippen molar-refractivity contribution in [3.8, 4) is 6.07 Å². The lowest BCUT2D eigenvalue weighted by Gasteiger charge is -2.31. The first-order valence-corrected chi connectivity index (χ1v) is 10.6. The number of nitriles is 1. The van der Waals surface area contributed by atoms with E-state index in [1.54, 1.807) is 12.1 Å². The van der Waals surface area contributed by atoms with E-state index in [1.165, 1.54) is 0 Å². The molecule has 30 heavy (non-hydrogen) atoms. The van der Waals surface area contributed by atoms with Crippen LogP contribution in [0.25, 0.3) is 0 Å². The molecule has 0 bridgehead atoms. The molecule has 5 nitrogen and oxygen atoms in total. The molecule has 1 atom stereocenters. The second-order valence-electron chi connectivity index (χ2n) is 8.41. The predicted molar refractivity (Wildman–Crippen MR) is 123 cm³/mol. The highest BCUT2D eigenvalue weighted by Gasteiger charge is 2.18. The number of carbonyl (C=O) groups is 1. The quantitative estimate of drug-likeness (QED) is 0.460. The van der Waals surface area contributed by atoms with Crippen molar-refractivity contribution in [1.29, 1.82) is 5.26 Å². The Kier molecular flexibility index (Phi) is 8.73. The molecule has 160 valence electrons. The SMILES string of the molecule is CCC(OC=O)c1ccc(N(CC(C)C)CC(C)C)c(Nc2ccc(C#N)cc2)c1. The maximum Gasteiger partial charge on any atom is 0.293 e. The Morgan fingerprint density at radius 3 is 2.20 bits per heavy atom. The average Bonchev–Trinajstić information content (AvgIpc) is 2.71. The minimum atomic E-state index is -0.276. The Labute approximate surface area is 180 Å². The maximum absolute atomic E-state index is 10.9. The van der Waals surface area contributed by atoms with E-state index in [1.807, 2.05) is 25.1 Å². The van der Waals surface area contributed by atoms with Crippen LogP contribution in [0, 0.1) is 23.2 Å². The first-order valence-electron chi connectivity index (χ1n) is 10.6. The molecule has 0 radical (unpaired) electrons. The summed E-state index contributed by atoms with van der Waals surface area (Å²) in [5, 5.41) is 12.6. The van der Waals surface area contributed by atoms with Gasteiger partial charge in [-0.15, -0.1) is 0 Å². The van der Waals surface area contributed by atoms with Gasteiger partial charge >= 0.3 is 0 Å². The lowest BCUT2D eigenvalue weighted by molar-refractivity contribution is -0.134. The molecule has 0 fully saturated rings. The van der Waals surface area contributed by atoms with Crippen LogP contribution in [0.5, 0.6) is 0 Å². The van der Waals surface area contributed by atoms with Gasteiger partial charge in [0.2, 0.25) is 0 Å². The fraction of sp³-hybridized carbons (Fsp3) is 0.440. The van der Waals surface area contributed by atoms with Crippen LogP contribution in [-0.4, -0.2) is 19.6 Å². The van der Waals surface area contributed by atoms with Crippen molar-refractivity contribution in [1.82, 2.24) is 0 Å². The van der Waals surface area contributed by atoms with Gasteiger partial charge in [-0.1, -0.05) is 40.7 Å². The highest BCUT2D eigenvalue weighted by Crippen LogP contribution is 2.34. The molecule has 2 rings (SSSR count). The Bertz CT molecular complexity index is 844. The van der Waals surface area contributed by atoms with Gasteiger partial charge in [-0.25, -0.2) is 0 Å². The number of hydrogen-bond acceptors (Lipinski definition) is 5. The van der Waals surface area contributed by atoms with Crippen LogP contribution in [0.4, 0.5) is 17.1 Å². The van der Waals surface area contributed by atoms with Crippen molar-refractivity contribution < 1.29 is 9.53 Å². The summed E-state index contributed by atoms with van der Waals surface area (Å²) in [5.74, 6) is 1.04. The molecule has 0 saturated carbocycles. The third-order valence-electron chi connectivity index (χ3n) is 4.79. The third kappa shape index (κ3) is 6.52. The summed E-state index contributed by atoms with van der Waals surface area (Å²) < 4.78 is 5.28. The second-order valence-corrected chi connectivity index (χ2v) is 8.41. The molecule has 0 amide bonds. The van der Waals surface area contributed by atoms with E-state index in [2.05, 4.69) is 56.1 Å². The topological polar surface area (TPSA) is 65.4 Å². The van der Waals surface area contributed by atoms with Crippen molar-refractivity contribution in [2.45, 2.75) is 47.1 Å². The van der Waals surface area contributed by atoms with Gasteiger partial charge in [-0.2, -0.15) is 5.26 Å². The molecule has 0 spiro atoms. The zero-order chi connectivity index (χ0) is 22.1. The number of nitrogens with one attached hydrogen (secondary N) is 1. The van der Waals surface area contributed by atoms with Crippen LogP contribution >= 0.6 is 0 Å². The van der Waals surface area contributed by atoms with Crippen LogP contribution in [0.3, 0.4) is 0 Å². The second kappa shape index (κ2) is 11.3. The first-order chi connectivity index (χ1) is 14.4. The number of ether oxygens (including phenoxy) is 1. The van der Waals surface area contributed by atoms with E-state index in [9.17, 15) is 4.79 Å². The van der Waals surface area contributed by atoms with Gasteiger partial charge in [0.05, 0.1) is 23.0 Å². The largest absolute Gasteiger partial charge is 0.460 e. The van der Waals surface area contributed by atoms with Gasteiger partial charge in [0.25, 0.3) is 6.47 Å². The van der Waals surface area contributed by atoms with E-state index >= 15 is 0 Å². The van der Waals surface area contributed by atoms with Crippen molar-refractivity contribution in [2.24, 2.45) is 11.8 Å². The molecular formula is C25H33N3O2. The smallest absolute Gasteiger partial charge is 0.293 e. The van der Waals surface area contributed by atoms with Gasteiger partial charge in [0, 0.05) is 18.8 Å². The molecule has 5 heteroatoms. The van der Waals surface area contributed by atoms with Gasteiger partial charge in [0.1, 0.15) is 6.10 Å². The standard InChI is InChI=1S/C25H33N3O2/c1-6-25(30-17-29)21-9-12-24(28(15-18(2)3)16-19(4)5)23(13-21)27-22-10-7-20(14-26)8-11-22/h7-13,17-19,25,27H,6,15-16H2,1-5H3. The van der Waals surface area contributed by atoms with Crippen molar-refractivity contribution in [3.05, 3.63) is 53.6 Å². The van der Waals surface area contributed by atoms with Crippen molar-refractivity contribution in [3.63, 3.8) is 0 Å². The van der Waals surface area contributed by atoms with Gasteiger partial charge in [0.15, 0.2) is 0 Å². The van der Waals surface area contributed by atoms with Crippen molar-refractivity contribution >= 4 is 23.5 Å². The molecule has 0 aliphatic rings. The Balaban J connectivity index is 2.49. The summed E-state index contributed by atoms with van der Waals surface area (Å²) in [6.45, 7) is 13.3. The van der Waals surface area contributed by atoms with Crippen LogP contribution in [0.1, 0.15) is 58.3 Å². The zero-order valence-electron chi connectivity index (χ0n) is 18.7. The normalized spacial score (nSPS) is 11.8. The minimum Gasteiger partial charge on any atom is -0.460 e. The molecule has 2 aromatic rings. The van der Waals surface area contributed by atoms with Gasteiger partial charge in [-0.3, -0.25) is 4.79 Å². The molecular weight excluding hydrogens is 374 g/mol. The molecule has 2 aromatic carbocycles. The summed E-state index contributed by atoms with van der Waals surface area (Å²) in [7, 11) is 0. The molecule has 0 aliphatic heterocycles. The van der Waals surface area contributed by atoms with Crippen LogP contribution < -0.4 is 10.2 Å². The molecule has 0 saturated heterocycles. The number of rotatable bonds is 11. The van der Waals surface area contributed by atoms with Gasteiger partial charge in [-0.05, 0) is 60.2 Å². The lowest BCUT2D eigenvalue weighted by Crippen LogP contribution is -2.31. The van der Waals surface area contributed by atoms with E-state index in [0.717, 1.165) is 35.7 Å². The number of carbonyl (C=O) groups excluding carboxylic acids is 1. The van der Waals surface area contributed by atoms with Crippen LogP contribution in [0.15, 0.2) is 42.5 Å². The average molecular weight is 408 g/mol. The Hall–Kier alpha value is -3.00. The van der Waals surface area contributed by atoms with E-state index in [4.69, 9.17) is 10.00 Å². The highest BCUT2D eigenvalue weighted by molar-refractivity contribution is 5.76. The molecule has 0 aromatic heterocycles. The predicted octanol–water partition coefficient (Wildman–Crippen LogP) is 6.04. The number of nitrogens with zero attached hydrogens (tertiary/aromatic N) is 2. The lowest BCUT2D eigenvalue weighted by atomic mass is 10.0. The third-order valence-corrected chi connectivity index (χ3v) is 4.79. The van der Waals surface area contributed by atoms with E-state index in [0.29, 0.717) is 30.3 Å². The summed E-state index contributed by atoms with van der Waals surface area (Å²) in [5.41, 5.74) is 4.57. The minimum absolute atomic E-state index is 0.276. The summed E-state index contributed by atoms with van der Waals surface area (Å²) in [6.07, 6.45) is 0.428. The maximum atomic E-state index is 10.9. The molecule has 1 unspecified atom stereocenters. The fourth-order valence-corrected chi connectivity index (χ4v) is 3.54. The Morgan fingerprint density at radius 1 is 1.07 bits per heavy atom. The number of benzene rings is 2. The molecule has 0 aliphatic carbocycles. The Morgan fingerprint density at radius 2 is 1.70 bits per heavy atom. The zero-order valence-corrected chi connectivity index (χ0v) is 18.7. The van der Waals surface area contributed by atoms with Crippen molar-refractivity contribution in [2.75, 3.05) is 23.3 Å². The summed E-state index contributed by atoms with van der Waals surface area (Å²) >= 11 is 0. The monoisotopic (exact) mass is 407 g/mol. The summed E-state index contributed by atoms with van der Waals surface area (Å²) in [4.78, 5) is 13.3.